The quantitative estimate of drug-likeness (QED) is 0.187. The van der Waals surface area contributed by atoms with Gasteiger partial charge in [0.15, 0.2) is 0 Å². The van der Waals surface area contributed by atoms with Crippen molar-refractivity contribution in [1.82, 2.24) is 9.97 Å². The van der Waals surface area contributed by atoms with Crippen molar-refractivity contribution in [2.24, 2.45) is 0 Å². The average Bonchev–Trinajstić information content (AvgIpc) is 3.37. The molecule has 199 valence electrons. The van der Waals surface area contributed by atoms with Gasteiger partial charge in [-0.05, 0) is 36.2 Å². The number of furan rings is 1. The minimum atomic E-state index is -0.990. The molecule has 0 aliphatic heterocycles. The number of nitrogens with zero attached hydrogens (tertiary/aromatic N) is 2. The molecule has 7 aromatic rings. The number of aromatic nitrogens is 2. The smallest absolute Gasteiger partial charge is 0.354 e. The van der Waals surface area contributed by atoms with Gasteiger partial charge in [-0.25, -0.2) is 9.78 Å². The molecule has 0 spiro atoms. The van der Waals surface area contributed by atoms with E-state index in [9.17, 15) is 4.79 Å². The van der Waals surface area contributed by atoms with E-state index in [1.807, 2.05) is 24.3 Å². The van der Waals surface area contributed by atoms with E-state index < -0.39 is 5.97 Å². The maximum absolute atomic E-state index is 10.1. The Morgan fingerprint density at radius 1 is 0.850 bits per heavy atom. The Bertz CT molecular complexity index is 1980. The molecule has 1 radical (unpaired) electrons. The Labute approximate surface area is 244 Å². The summed E-state index contributed by atoms with van der Waals surface area (Å²) in [5.41, 5.74) is 6.06. The van der Waals surface area contributed by atoms with Gasteiger partial charge >= 0.3 is 5.97 Å². The number of aromatic carboxylic acids is 1. The summed E-state index contributed by atoms with van der Waals surface area (Å²) in [5.74, 6) is -0.587. The van der Waals surface area contributed by atoms with Gasteiger partial charge in [0.1, 0.15) is 16.9 Å². The maximum Gasteiger partial charge on any atom is 0.354 e. The number of pyridine rings is 2. The summed E-state index contributed by atoms with van der Waals surface area (Å²) in [6.45, 7) is 4.48. The molecule has 5 nitrogen and oxygen atoms in total. The molecule has 7 rings (SSSR count). The van der Waals surface area contributed by atoms with Crippen molar-refractivity contribution in [3.63, 3.8) is 0 Å². The molecule has 0 saturated carbocycles. The van der Waals surface area contributed by atoms with Crippen molar-refractivity contribution in [1.29, 1.82) is 0 Å². The van der Waals surface area contributed by atoms with Crippen molar-refractivity contribution in [3.05, 3.63) is 121 Å². The van der Waals surface area contributed by atoms with E-state index in [4.69, 9.17) is 14.5 Å². The molecule has 0 aliphatic carbocycles. The summed E-state index contributed by atoms with van der Waals surface area (Å²) in [6.07, 6.45) is 1.45. The van der Waals surface area contributed by atoms with E-state index in [2.05, 4.69) is 79.5 Å². The molecule has 0 fully saturated rings. The van der Waals surface area contributed by atoms with E-state index in [1.165, 1.54) is 23.2 Å². The molecule has 0 saturated heterocycles. The van der Waals surface area contributed by atoms with Crippen molar-refractivity contribution in [2.75, 3.05) is 0 Å². The van der Waals surface area contributed by atoms with Crippen LogP contribution in [0.3, 0.4) is 0 Å². The zero-order valence-electron chi connectivity index (χ0n) is 21.9. The second-order valence-electron chi connectivity index (χ2n) is 9.64. The Morgan fingerprint density at radius 2 is 1.52 bits per heavy atom. The molecule has 0 atom stereocenters. The van der Waals surface area contributed by atoms with Crippen LogP contribution in [0.4, 0.5) is 0 Å². The van der Waals surface area contributed by atoms with Crippen molar-refractivity contribution >= 4 is 49.6 Å². The van der Waals surface area contributed by atoms with Gasteiger partial charge in [0.2, 0.25) is 0 Å². The average molecular weight is 702 g/mol. The van der Waals surface area contributed by atoms with Crippen molar-refractivity contribution in [2.45, 2.75) is 19.8 Å². The largest absolute Gasteiger partial charge is 0.477 e. The van der Waals surface area contributed by atoms with Gasteiger partial charge in [-0.1, -0.05) is 79.4 Å². The van der Waals surface area contributed by atoms with E-state index in [0.717, 1.165) is 49.5 Å². The topological polar surface area (TPSA) is 76.2 Å². The van der Waals surface area contributed by atoms with Crippen LogP contribution >= 0.6 is 0 Å². The van der Waals surface area contributed by atoms with E-state index in [0.29, 0.717) is 5.92 Å². The first kappa shape index (κ1) is 27.2. The minimum absolute atomic E-state index is 0. The first-order valence-electron chi connectivity index (χ1n) is 12.8. The third-order valence-electron chi connectivity index (χ3n) is 6.78. The first-order chi connectivity index (χ1) is 19.0. The van der Waals surface area contributed by atoms with Crippen molar-refractivity contribution in [3.8, 4) is 11.3 Å². The number of benzene rings is 4. The summed E-state index contributed by atoms with van der Waals surface area (Å²) >= 11 is 0. The molecule has 0 bridgehead atoms. The van der Waals surface area contributed by atoms with Crippen LogP contribution in [0.5, 0.6) is 0 Å². The molecule has 40 heavy (non-hydrogen) atoms. The van der Waals surface area contributed by atoms with Crippen LogP contribution in [-0.4, -0.2) is 21.0 Å². The minimum Gasteiger partial charge on any atom is -0.477 e. The summed E-state index contributed by atoms with van der Waals surface area (Å²) in [4.78, 5) is 18.8. The summed E-state index contributed by atoms with van der Waals surface area (Å²) in [5, 5.41) is 13.9. The standard InChI is InChI=1S/C28H20NO.C6H5NO2.Ir/c1-17(2)23-16-19(15-18-9-3-4-10-20(18)23)27-26-22-12-6-8-14-25(22)30-28(26)21-11-5-7-13-24(21)29-27;8-6(9)5-3-1-2-4-7-5;/h3-14,16-17H,1-2H3;1-4H,(H,8,9);/q-1;;. The molecule has 3 heterocycles. The van der Waals surface area contributed by atoms with Crippen LogP contribution in [0.15, 0.2) is 108 Å². The molecule has 0 aliphatic rings. The normalized spacial score (nSPS) is 11.0. The van der Waals surface area contributed by atoms with E-state index in [-0.39, 0.29) is 25.8 Å². The second kappa shape index (κ2) is 11.4. The Hall–Kier alpha value is -4.38. The Balaban J connectivity index is 0.000000278. The van der Waals surface area contributed by atoms with Gasteiger partial charge < -0.3 is 9.52 Å². The van der Waals surface area contributed by atoms with Crippen LogP contribution in [0, 0.1) is 6.07 Å². The predicted octanol–water partition coefficient (Wildman–Crippen LogP) is 8.66. The van der Waals surface area contributed by atoms with E-state index >= 15 is 0 Å². The Morgan fingerprint density at radius 3 is 2.23 bits per heavy atom. The molecule has 6 heteroatoms. The van der Waals surface area contributed by atoms with Crippen LogP contribution in [0.25, 0.3) is 54.9 Å². The fourth-order valence-corrected chi connectivity index (χ4v) is 4.96. The van der Waals surface area contributed by atoms with Crippen LogP contribution in [-0.2, 0) is 20.1 Å². The molecule has 1 N–H and O–H groups in total. The van der Waals surface area contributed by atoms with E-state index in [1.54, 1.807) is 12.1 Å². The number of carboxylic acids is 1. The number of carbonyl (C=O) groups is 1. The van der Waals surface area contributed by atoms with Gasteiger partial charge in [-0.15, -0.1) is 29.1 Å². The third kappa shape index (κ3) is 5.00. The molecular weight excluding hydrogens is 677 g/mol. The van der Waals surface area contributed by atoms with Crippen molar-refractivity contribution < 1.29 is 34.4 Å². The summed E-state index contributed by atoms with van der Waals surface area (Å²) in [7, 11) is 0. The summed E-state index contributed by atoms with van der Waals surface area (Å²) in [6, 6.07) is 35.5. The van der Waals surface area contributed by atoms with Gasteiger partial charge in [0.25, 0.3) is 0 Å². The molecule has 3 aromatic heterocycles. The number of carboxylic acid groups (broad SMARTS) is 1. The fraction of sp³-hybridized carbons (Fsp3) is 0.0882. The molecular formula is C34H25IrN2O3-. The SMILES string of the molecule is CC(C)c1cc(-c2nc3ccccc3c3oc4ccccc4c23)[c-]c2ccccc12.O=C(O)c1ccccn1.[Ir]. The Kier molecular flexibility index (Phi) is 7.74. The number of fused-ring (bicyclic) bond motifs is 6. The first-order valence-corrected chi connectivity index (χ1v) is 12.8. The van der Waals surface area contributed by atoms with Gasteiger partial charge in [-0.2, -0.15) is 0 Å². The number of hydrogen-bond acceptors (Lipinski definition) is 4. The fourth-order valence-electron chi connectivity index (χ4n) is 4.96. The van der Waals surface area contributed by atoms with Gasteiger partial charge in [0.05, 0.1) is 5.52 Å². The third-order valence-corrected chi connectivity index (χ3v) is 6.78. The molecule has 0 unspecified atom stereocenters. The van der Waals surface area contributed by atoms with Gasteiger partial charge in [-0.3, -0.25) is 4.98 Å². The zero-order valence-corrected chi connectivity index (χ0v) is 24.3. The van der Waals surface area contributed by atoms with Crippen LogP contribution in [0.1, 0.15) is 35.8 Å². The molecule has 0 amide bonds. The number of hydrogen-bond donors (Lipinski definition) is 1. The second-order valence-corrected chi connectivity index (χ2v) is 9.64. The zero-order chi connectivity index (χ0) is 26.9. The maximum atomic E-state index is 10.1. The molecule has 4 aromatic carbocycles. The number of rotatable bonds is 3. The predicted molar refractivity (Wildman–Crippen MR) is 156 cm³/mol. The van der Waals surface area contributed by atoms with Crippen LogP contribution < -0.4 is 0 Å². The number of para-hydroxylation sites is 2. The monoisotopic (exact) mass is 702 g/mol. The van der Waals surface area contributed by atoms with Crippen LogP contribution in [0.2, 0.25) is 0 Å². The van der Waals surface area contributed by atoms with Gasteiger partial charge in [0, 0.05) is 48.2 Å². The summed E-state index contributed by atoms with van der Waals surface area (Å²) < 4.78 is 6.34.